The van der Waals surface area contributed by atoms with Gasteiger partial charge in [-0.2, -0.15) is 0 Å². The SMILES string of the molecule is COc1ccc(CNC(=O)COc2cc3oc(=O)cc(C)c3cc2Cl)cc1. The van der Waals surface area contributed by atoms with Crippen molar-refractivity contribution in [3.05, 3.63) is 69.0 Å². The van der Waals surface area contributed by atoms with Crippen LogP contribution in [0.15, 0.2) is 51.7 Å². The van der Waals surface area contributed by atoms with E-state index in [9.17, 15) is 9.59 Å². The van der Waals surface area contributed by atoms with E-state index in [0.29, 0.717) is 17.2 Å². The first kappa shape index (κ1) is 18.8. The van der Waals surface area contributed by atoms with Crippen molar-refractivity contribution in [2.75, 3.05) is 13.7 Å². The summed E-state index contributed by atoms with van der Waals surface area (Å²) in [5.41, 5.74) is 1.60. The van der Waals surface area contributed by atoms with Gasteiger partial charge in [0.05, 0.1) is 12.1 Å². The summed E-state index contributed by atoms with van der Waals surface area (Å²) >= 11 is 6.21. The molecule has 1 heterocycles. The van der Waals surface area contributed by atoms with E-state index in [1.54, 1.807) is 20.1 Å². The van der Waals surface area contributed by atoms with Crippen LogP contribution in [0, 0.1) is 6.92 Å². The normalized spacial score (nSPS) is 10.6. The average molecular weight is 388 g/mol. The first-order chi connectivity index (χ1) is 13.0. The number of hydrogen-bond donors (Lipinski definition) is 1. The molecule has 1 N–H and O–H groups in total. The number of carbonyl (C=O) groups is 1. The predicted molar refractivity (Wildman–Crippen MR) is 103 cm³/mol. The molecule has 7 heteroatoms. The van der Waals surface area contributed by atoms with Crippen LogP contribution in [-0.2, 0) is 11.3 Å². The molecule has 0 aliphatic heterocycles. The van der Waals surface area contributed by atoms with E-state index in [0.717, 1.165) is 22.3 Å². The van der Waals surface area contributed by atoms with Crippen molar-refractivity contribution in [1.29, 1.82) is 0 Å². The molecule has 0 aliphatic carbocycles. The zero-order chi connectivity index (χ0) is 19.4. The summed E-state index contributed by atoms with van der Waals surface area (Å²) in [6.07, 6.45) is 0. The summed E-state index contributed by atoms with van der Waals surface area (Å²) in [5.74, 6) is 0.728. The fourth-order valence-corrected chi connectivity index (χ4v) is 2.79. The Bertz CT molecular complexity index is 1030. The molecule has 3 aromatic rings. The van der Waals surface area contributed by atoms with Crippen molar-refractivity contribution >= 4 is 28.5 Å². The molecule has 0 fully saturated rings. The van der Waals surface area contributed by atoms with Crippen LogP contribution in [0.3, 0.4) is 0 Å². The second kappa shape index (κ2) is 8.14. The average Bonchev–Trinajstić information content (AvgIpc) is 2.65. The zero-order valence-electron chi connectivity index (χ0n) is 14.9. The van der Waals surface area contributed by atoms with E-state index in [2.05, 4.69) is 5.32 Å². The Morgan fingerprint density at radius 1 is 1.19 bits per heavy atom. The summed E-state index contributed by atoms with van der Waals surface area (Å²) < 4.78 is 15.7. The Kier molecular flexibility index (Phi) is 5.66. The molecule has 3 rings (SSSR count). The molecule has 0 unspecified atom stereocenters. The molecule has 27 heavy (non-hydrogen) atoms. The molecule has 0 saturated carbocycles. The number of halogens is 1. The molecular weight excluding hydrogens is 370 g/mol. The van der Waals surface area contributed by atoms with Crippen LogP contribution >= 0.6 is 11.6 Å². The maximum absolute atomic E-state index is 12.0. The monoisotopic (exact) mass is 387 g/mol. The largest absolute Gasteiger partial charge is 0.497 e. The fraction of sp³-hybridized carbons (Fsp3) is 0.200. The van der Waals surface area contributed by atoms with Crippen molar-refractivity contribution in [3.8, 4) is 11.5 Å². The van der Waals surface area contributed by atoms with E-state index in [1.807, 2.05) is 24.3 Å². The standard InChI is InChI=1S/C20H18ClNO5/c1-12-7-20(24)27-17-9-18(16(21)8-15(12)17)26-11-19(23)22-10-13-3-5-14(25-2)6-4-13/h3-9H,10-11H2,1-2H3,(H,22,23). The van der Waals surface area contributed by atoms with Crippen LogP contribution in [-0.4, -0.2) is 19.6 Å². The topological polar surface area (TPSA) is 77.8 Å². The molecule has 0 radical (unpaired) electrons. The molecular formula is C20H18ClNO5. The van der Waals surface area contributed by atoms with Gasteiger partial charge in [0.2, 0.25) is 0 Å². The van der Waals surface area contributed by atoms with Gasteiger partial charge in [0, 0.05) is 24.1 Å². The van der Waals surface area contributed by atoms with Gasteiger partial charge >= 0.3 is 5.63 Å². The predicted octanol–water partition coefficient (Wildman–Crippen LogP) is 3.46. The summed E-state index contributed by atoms with van der Waals surface area (Å²) in [7, 11) is 1.60. The Morgan fingerprint density at radius 3 is 2.63 bits per heavy atom. The lowest BCUT2D eigenvalue weighted by atomic mass is 10.1. The van der Waals surface area contributed by atoms with E-state index in [-0.39, 0.29) is 18.3 Å². The Hall–Kier alpha value is -2.99. The highest BCUT2D eigenvalue weighted by Gasteiger charge is 2.11. The van der Waals surface area contributed by atoms with Gasteiger partial charge in [0.1, 0.15) is 17.1 Å². The van der Waals surface area contributed by atoms with Gasteiger partial charge in [0.25, 0.3) is 5.91 Å². The summed E-state index contributed by atoms with van der Waals surface area (Å²) in [6, 6.07) is 11.9. The first-order valence-corrected chi connectivity index (χ1v) is 8.60. The zero-order valence-corrected chi connectivity index (χ0v) is 15.6. The van der Waals surface area contributed by atoms with Crippen molar-refractivity contribution in [1.82, 2.24) is 5.32 Å². The number of benzene rings is 2. The molecule has 6 nitrogen and oxygen atoms in total. The van der Waals surface area contributed by atoms with E-state index < -0.39 is 5.63 Å². The number of aryl methyl sites for hydroxylation is 1. The summed E-state index contributed by atoms with van der Waals surface area (Å²) in [6.45, 7) is 1.95. The smallest absolute Gasteiger partial charge is 0.336 e. The first-order valence-electron chi connectivity index (χ1n) is 8.22. The van der Waals surface area contributed by atoms with Crippen molar-refractivity contribution in [3.63, 3.8) is 0 Å². The fourth-order valence-electron chi connectivity index (χ4n) is 2.57. The van der Waals surface area contributed by atoms with Gasteiger partial charge in [-0.1, -0.05) is 23.7 Å². The number of nitrogens with one attached hydrogen (secondary N) is 1. The highest BCUT2D eigenvalue weighted by molar-refractivity contribution is 6.32. The molecule has 0 saturated heterocycles. The lowest BCUT2D eigenvalue weighted by Crippen LogP contribution is -2.28. The maximum Gasteiger partial charge on any atom is 0.336 e. The quantitative estimate of drug-likeness (QED) is 0.655. The van der Waals surface area contributed by atoms with Crippen LogP contribution in [0.5, 0.6) is 11.5 Å². The lowest BCUT2D eigenvalue weighted by molar-refractivity contribution is -0.123. The van der Waals surface area contributed by atoms with Crippen molar-refractivity contribution in [2.45, 2.75) is 13.5 Å². The molecule has 1 aromatic heterocycles. The molecule has 0 bridgehead atoms. The number of ether oxygens (including phenoxy) is 2. The number of hydrogen-bond acceptors (Lipinski definition) is 5. The Labute approximate surface area is 160 Å². The van der Waals surface area contributed by atoms with E-state index in [1.165, 1.54) is 12.1 Å². The number of amides is 1. The highest BCUT2D eigenvalue weighted by atomic mass is 35.5. The molecule has 0 atom stereocenters. The van der Waals surface area contributed by atoms with Gasteiger partial charge in [-0.05, 0) is 36.2 Å². The summed E-state index contributed by atoms with van der Waals surface area (Å²) in [5, 5.41) is 3.81. The molecule has 0 aliphatic rings. The van der Waals surface area contributed by atoms with Gasteiger partial charge in [-0.15, -0.1) is 0 Å². The second-order valence-corrected chi connectivity index (χ2v) is 6.35. The molecule has 0 spiro atoms. The molecule has 1 amide bonds. The van der Waals surface area contributed by atoms with Crippen LogP contribution in [0.1, 0.15) is 11.1 Å². The van der Waals surface area contributed by atoms with Crippen LogP contribution in [0.2, 0.25) is 5.02 Å². The number of fused-ring (bicyclic) bond motifs is 1. The number of carbonyl (C=O) groups excluding carboxylic acids is 1. The Balaban J connectivity index is 1.62. The molecule has 2 aromatic carbocycles. The van der Waals surface area contributed by atoms with E-state index >= 15 is 0 Å². The van der Waals surface area contributed by atoms with Crippen molar-refractivity contribution in [2.24, 2.45) is 0 Å². The Morgan fingerprint density at radius 2 is 1.93 bits per heavy atom. The number of rotatable bonds is 6. The van der Waals surface area contributed by atoms with Gasteiger partial charge < -0.3 is 19.2 Å². The number of methoxy groups -OCH3 is 1. The third kappa shape index (κ3) is 4.60. The van der Waals surface area contributed by atoms with Crippen LogP contribution in [0.25, 0.3) is 11.0 Å². The third-order valence-corrected chi connectivity index (χ3v) is 4.31. The maximum atomic E-state index is 12.0. The molecule has 140 valence electrons. The van der Waals surface area contributed by atoms with Crippen LogP contribution in [0.4, 0.5) is 0 Å². The van der Waals surface area contributed by atoms with Gasteiger partial charge in [0.15, 0.2) is 6.61 Å². The van der Waals surface area contributed by atoms with Crippen molar-refractivity contribution < 1.29 is 18.7 Å². The minimum Gasteiger partial charge on any atom is -0.497 e. The lowest BCUT2D eigenvalue weighted by Gasteiger charge is -2.10. The minimum atomic E-state index is -0.453. The van der Waals surface area contributed by atoms with E-state index in [4.69, 9.17) is 25.5 Å². The second-order valence-electron chi connectivity index (χ2n) is 5.94. The van der Waals surface area contributed by atoms with Gasteiger partial charge in [-0.25, -0.2) is 4.79 Å². The highest BCUT2D eigenvalue weighted by Crippen LogP contribution is 2.30. The minimum absolute atomic E-state index is 0.211. The van der Waals surface area contributed by atoms with Crippen LogP contribution < -0.4 is 20.4 Å². The summed E-state index contributed by atoms with van der Waals surface area (Å²) in [4.78, 5) is 23.5. The van der Waals surface area contributed by atoms with Gasteiger partial charge in [-0.3, -0.25) is 4.79 Å². The third-order valence-electron chi connectivity index (χ3n) is 4.01.